The average Bonchev–Trinajstić information content (AvgIpc) is 3.09. The zero-order valence-electron chi connectivity index (χ0n) is 12.0. The highest BCUT2D eigenvalue weighted by atomic mass is 16.5. The van der Waals surface area contributed by atoms with Gasteiger partial charge in [-0.1, -0.05) is 18.2 Å². The molecule has 0 saturated heterocycles. The molecule has 0 bridgehead atoms. The Hall–Kier alpha value is -3.53. The molecular formula is C16H11N5O2. The van der Waals surface area contributed by atoms with E-state index >= 15 is 0 Å². The Kier molecular flexibility index (Phi) is 4.07. The van der Waals surface area contributed by atoms with Gasteiger partial charge < -0.3 is 4.74 Å². The summed E-state index contributed by atoms with van der Waals surface area (Å²) < 4.78 is 6.73. The van der Waals surface area contributed by atoms with Crippen LogP contribution >= 0.6 is 0 Å². The minimum Gasteiger partial charge on any atom is -0.454 e. The van der Waals surface area contributed by atoms with Crippen LogP contribution < -0.4 is 0 Å². The fraction of sp³-hybridized carbons (Fsp3) is 0.0625. The number of rotatable bonds is 4. The molecular weight excluding hydrogens is 294 g/mol. The predicted octanol–water partition coefficient (Wildman–Crippen LogP) is 1.89. The second-order valence-corrected chi connectivity index (χ2v) is 4.61. The zero-order chi connectivity index (χ0) is 16.1. The van der Waals surface area contributed by atoms with E-state index in [9.17, 15) is 4.79 Å². The maximum atomic E-state index is 12.0. The fourth-order valence-corrected chi connectivity index (χ4v) is 1.96. The summed E-state index contributed by atoms with van der Waals surface area (Å²) in [5.41, 5.74) is 1.62. The van der Waals surface area contributed by atoms with Gasteiger partial charge >= 0.3 is 5.97 Å². The van der Waals surface area contributed by atoms with E-state index in [-0.39, 0.29) is 6.61 Å². The van der Waals surface area contributed by atoms with Crippen molar-refractivity contribution in [2.45, 2.75) is 6.61 Å². The van der Waals surface area contributed by atoms with Crippen LogP contribution in [0.3, 0.4) is 0 Å². The van der Waals surface area contributed by atoms with Gasteiger partial charge in [0, 0.05) is 0 Å². The average molecular weight is 305 g/mol. The van der Waals surface area contributed by atoms with Crippen LogP contribution in [-0.4, -0.2) is 26.2 Å². The first kappa shape index (κ1) is 14.4. The number of carbonyl (C=O) groups is 1. The van der Waals surface area contributed by atoms with E-state index in [4.69, 9.17) is 10.00 Å². The van der Waals surface area contributed by atoms with E-state index in [0.29, 0.717) is 17.0 Å². The fourth-order valence-electron chi connectivity index (χ4n) is 1.96. The monoisotopic (exact) mass is 305 g/mol. The van der Waals surface area contributed by atoms with E-state index in [0.717, 1.165) is 5.69 Å². The number of tetrazole rings is 1. The van der Waals surface area contributed by atoms with Gasteiger partial charge in [-0.3, -0.25) is 0 Å². The standard InChI is InChI=1S/C16H11N5O2/c17-10-12-6-8-13(9-7-12)16(22)23-11-15-18-19-20-21(15)14-4-2-1-3-5-14/h1-9H,11H2. The highest BCUT2D eigenvalue weighted by Gasteiger charge is 2.12. The maximum Gasteiger partial charge on any atom is 0.338 e. The topological polar surface area (TPSA) is 93.7 Å². The van der Waals surface area contributed by atoms with Crippen molar-refractivity contribution in [3.63, 3.8) is 0 Å². The van der Waals surface area contributed by atoms with Gasteiger partial charge in [0.05, 0.1) is 22.9 Å². The lowest BCUT2D eigenvalue weighted by molar-refractivity contribution is 0.0459. The van der Waals surface area contributed by atoms with Crippen LogP contribution in [0.25, 0.3) is 5.69 Å². The lowest BCUT2D eigenvalue weighted by atomic mass is 10.1. The minimum absolute atomic E-state index is 0.0548. The second-order valence-electron chi connectivity index (χ2n) is 4.61. The number of para-hydroxylation sites is 1. The largest absolute Gasteiger partial charge is 0.454 e. The second kappa shape index (κ2) is 6.49. The molecule has 112 valence electrons. The molecule has 7 heteroatoms. The maximum absolute atomic E-state index is 12.0. The molecule has 1 aromatic heterocycles. The molecule has 0 aliphatic carbocycles. The molecule has 1 heterocycles. The highest BCUT2D eigenvalue weighted by Crippen LogP contribution is 2.10. The number of hydrogen-bond acceptors (Lipinski definition) is 6. The number of benzene rings is 2. The Morgan fingerprint density at radius 1 is 1.13 bits per heavy atom. The number of nitrogens with zero attached hydrogens (tertiary/aromatic N) is 5. The Morgan fingerprint density at radius 3 is 2.57 bits per heavy atom. The summed E-state index contributed by atoms with van der Waals surface area (Å²) in [6.45, 7) is -0.0548. The summed E-state index contributed by atoms with van der Waals surface area (Å²) >= 11 is 0. The van der Waals surface area contributed by atoms with Crippen LogP contribution in [0.1, 0.15) is 21.7 Å². The van der Waals surface area contributed by atoms with Crippen molar-refractivity contribution in [1.82, 2.24) is 20.2 Å². The van der Waals surface area contributed by atoms with Gasteiger partial charge in [-0.25, -0.2) is 4.79 Å². The van der Waals surface area contributed by atoms with Crippen LogP contribution in [-0.2, 0) is 11.3 Å². The SMILES string of the molecule is N#Cc1ccc(C(=O)OCc2nnnn2-c2ccccc2)cc1. The molecule has 0 amide bonds. The number of nitriles is 1. The number of ether oxygens (including phenoxy) is 1. The number of aromatic nitrogens is 4. The highest BCUT2D eigenvalue weighted by molar-refractivity contribution is 5.89. The predicted molar refractivity (Wildman–Crippen MR) is 79.4 cm³/mol. The normalized spacial score (nSPS) is 10.0. The summed E-state index contributed by atoms with van der Waals surface area (Å²) in [7, 11) is 0. The van der Waals surface area contributed by atoms with Crippen molar-refractivity contribution in [2.24, 2.45) is 0 Å². The Bertz CT molecular complexity index is 850. The molecule has 0 atom stereocenters. The van der Waals surface area contributed by atoms with E-state index in [1.807, 2.05) is 36.4 Å². The van der Waals surface area contributed by atoms with Gasteiger partial charge in [0.1, 0.15) is 0 Å². The van der Waals surface area contributed by atoms with E-state index in [2.05, 4.69) is 15.5 Å². The van der Waals surface area contributed by atoms with Gasteiger partial charge in [-0.15, -0.1) is 5.10 Å². The molecule has 23 heavy (non-hydrogen) atoms. The van der Waals surface area contributed by atoms with Gasteiger partial charge in [0.2, 0.25) is 0 Å². The molecule has 7 nitrogen and oxygen atoms in total. The van der Waals surface area contributed by atoms with Crippen molar-refractivity contribution >= 4 is 5.97 Å². The Balaban J connectivity index is 1.70. The van der Waals surface area contributed by atoms with Crippen molar-refractivity contribution in [3.05, 3.63) is 71.5 Å². The van der Waals surface area contributed by atoms with Gasteiger partial charge in [0.15, 0.2) is 12.4 Å². The van der Waals surface area contributed by atoms with Crippen LogP contribution in [0, 0.1) is 11.3 Å². The third-order valence-corrected chi connectivity index (χ3v) is 3.12. The van der Waals surface area contributed by atoms with Crippen molar-refractivity contribution in [2.75, 3.05) is 0 Å². The zero-order valence-corrected chi connectivity index (χ0v) is 12.0. The first-order valence-electron chi connectivity index (χ1n) is 6.78. The summed E-state index contributed by atoms with van der Waals surface area (Å²) in [5.74, 6) is -0.0877. The van der Waals surface area contributed by atoms with E-state index in [1.54, 1.807) is 24.3 Å². The first-order valence-corrected chi connectivity index (χ1v) is 6.78. The molecule has 0 fully saturated rings. The minimum atomic E-state index is -0.503. The summed E-state index contributed by atoms with van der Waals surface area (Å²) in [6.07, 6.45) is 0. The molecule has 2 aromatic carbocycles. The summed E-state index contributed by atoms with van der Waals surface area (Å²) in [6, 6.07) is 17.5. The molecule has 3 aromatic rings. The van der Waals surface area contributed by atoms with E-state index < -0.39 is 5.97 Å². The molecule has 0 N–H and O–H groups in total. The third-order valence-electron chi connectivity index (χ3n) is 3.12. The van der Waals surface area contributed by atoms with Crippen LogP contribution in [0.5, 0.6) is 0 Å². The van der Waals surface area contributed by atoms with Crippen LogP contribution in [0.15, 0.2) is 54.6 Å². The third kappa shape index (κ3) is 3.22. The van der Waals surface area contributed by atoms with Crippen molar-refractivity contribution in [1.29, 1.82) is 5.26 Å². The smallest absolute Gasteiger partial charge is 0.338 e. The van der Waals surface area contributed by atoms with Gasteiger partial charge in [0.25, 0.3) is 0 Å². The molecule has 0 unspecified atom stereocenters. The van der Waals surface area contributed by atoms with E-state index in [1.165, 1.54) is 4.68 Å². The molecule has 0 aliphatic heterocycles. The Morgan fingerprint density at radius 2 is 1.87 bits per heavy atom. The quantitative estimate of drug-likeness (QED) is 0.683. The van der Waals surface area contributed by atoms with Crippen LogP contribution in [0.4, 0.5) is 0 Å². The van der Waals surface area contributed by atoms with Crippen LogP contribution in [0.2, 0.25) is 0 Å². The molecule has 0 saturated carbocycles. The number of esters is 1. The summed E-state index contributed by atoms with van der Waals surface area (Å²) in [5, 5.41) is 20.1. The van der Waals surface area contributed by atoms with Gasteiger partial charge in [-0.05, 0) is 46.8 Å². The lowest BCUT2D eigenvalue weighted by Gasteiger charge is -2.06. The number of hydrogen-bond donors (Lipinski definition) is 0. The molecule has 0 radical (unpaired) electrons. The first-order chi connectivity index (χ1) is 11.3. The molecule has 0 spiro atoms. The number of carbonyl (C=O) groups excluding carboxylic acids is 1. The lowest BCUT2D eigenvalue weighted by Crippen LogP contribution is -2.10. The Labute approximate surface area is 131 Å². The summed E-state index contributed by atoms with van der Waals surface area (Å²) in [4.78, 5) is 12.0. The molecule has 3 rings (SSSR count). The van der Waals surface area contributed by atoms with Crippen molar-refractivity contribution in [3.8, 4) is 11.8 Å². The molecule has 0 aliphatic rings. The van der Waals surface area contributed by atoms with Gasteiger partial charge in [-0.2, -0.15) is 9.94 Å². The van der Waals surface area contributed by atoms with Crippen molar-refractivity contribution < 1.29 is 9.53 Å².